The number of anilines is 1. The van der Waals surface area contributed by atoms with Crippen LogP contribution in [-0.4, -0.2) is 58.2 Å². The van der Waals surface area contributed by atoms with Crippen molar-refractivity contribution in [3.63, 3.8) is 0 Å². The topological polar surface area (TPSA) is 70.0 Å². The molecule has 1 aliphatic heterocycles. The Morgan fingerprint density at radius 2 is 1.75 bits per heavy atom. The van der Waals surface area contributed by atoms with E-state index in [1.54, 1.807) is 0 Å². The van der Waals surface area contributed by atoms with Crippen LogP contribution in [0.4, 0.5) is 5.95 Å². The third kappa shape index (κ3) is 7.98. The second-order valence-electron chi connectivity index (χ2n) is 9.23. The second-order valence-corrected chi connectivity index (χ2v) is 9.23. The predicted molar refractivity (Wildman–Crippen MR) is 152 cm³/mol. The van der Waals surface area contributed by atoms with Gasteiger partial charge in [-0.25, -0.2) is 4.98 Å². The van der Waals surface area contributed by atoms with Crippen LogP contribution >= 0.6 is 0 Å². The molecule has 0 atom stereocenters. The number of piperidine rings is 1. The highest BCUT2D eigenvalue weighted by Crippen LogP contribution is 2.23. The molecule has 3 aromatic rings. The van der Waals surface area contributed by atoms with Crippen molar-refractivity contribution in [3.05, 3.63) is 66.3 Å². The first kappa shape index (κ1) is 27.5. The third-order valence-electron chi connectivity index (χ3n) is 6.48. The number of nitrogens with one attached hydrogen (secondary N) is 3. The minimum atomic E-state index is 0.427. The maximum absolute atomic E-state index is 4.93. The molecule has 0 spiro atoms. The molecule has 0 unspecified atom stereocenters. The molecule has 1 aliphatic rings. The smallest absolute Gasteiger partial charge is 0.204 e. The molecule has 0 amide bonds. The highest BCUT2D eigenvalue weighted by atomic mass is 15.2. The summed E-state index contributed by atoms with van der Waals surface area (Å²) in [6.07, 6.45) is 4.60. The van der Waals surface area contributed by atoms with E-state index in [0.717, 1.165) is 79.8 Å². The number of likely N-dealkylation sites (tertiary alicyclic amines) is 1. The van der Waals surface area contributed by atoms with Crippen LogP contribution in [0, 0.1) is 6.92 Å². The second kappa shape index (κ2) is 14.5. The van der Waals surface area contributed by atoms with Gasteiger partial charge in [-0.2, -0.15) is 0 Å². The van der Waals surface area contributed by atoms with E-state index in [-0.39, 0.29) is 0 Å². The number of nitrogens with zero attached hydrogens (tertiary/aromatic N) is 4. The lowest BCUT2D eigenvalue weighted by molar-refractivity contribution is 0.220. The van der Waals surface area contributed by atoms with Crippen LogP contribution in [0.2, 0.25) is 0 Å². The first-order chi connectivity index (χ1) is 17.6. The van der Waals surface area contributed by atoms with Crippen molar-refractivity contribution in [2.24, 2.45) is 0 Å². The number of unbranched alkanes of at least 4 members (excludes halogenated alkanes) is 1. The molecular weight excluding hydrogens is 446 g/mol. The lowest BCUT2D eigenvalue weighted by atomic mass is 10.1. The first-order valence-corrected chi connectivity index (χ1v) is 13.7. The van der Waals surface area contributed by atoms with E-state index in [4.69, 9.17) is 9.97 Å². The lowest BCUT2D eigenvalue weighted by Crippen LogP contribution is -2.42. The van der Waals surface area contributed by atoms with Gasteiger partial charge < -0.3 is 25.4 Å². The molecule has 2 aromatic heterocycles. The molecule has 7 nitrogen and oxygen atoms in total. The van der Waals surface area contributed by atoms with Crippen LogP contribution in [0.1, 0.15) is 57.8 Å². The van der Waals surface area contributed by atoms with E-state index < -0.39 is 0 Å². The van der Waals surface area contributed by atoms with E-state index in [9.17, 15) is 0 Å². The molecule has 0 saturated carbocycles. The lowest BCUT2D eigenvalue weighted by Gasteiger charge is -2.32. The molecule has 196 valence electrons. The van der Waals surface area contributed by atoms with Crippen LogP contribution in [0.3, 0.4) is 0 Å². The van der Waals surface area contributed by atoms with Crippen molar-refractivity contribution in [2.75, 3.05) is 38.0 Å². The molecule has 1 fully saturated rings. The van der Waals surface area contributed by atoms with Gasteiger partial charge >= 0.3 is 0 Å². The third-order valence-corrected chi connectivity index (χ3v) is 6.48. The number of aryl methyl sites for hydroxylation is 1. The average Bonchev–Trinajstić information content (AvgIpc) is 3.23. The maximum Gasteiger partial charge on any atom is 0.204 e. The number of hydrogen-bond donors (Lipinski definition) is 3. The van der Waals surface area contributed by atoms with Gasteiger partial charge in [0.1, 0.15) is 0 Å². The Kier molecular flexibility index (Phi) is 11.1. The van der Waals surface area contributed by atoms with E-state index in [1.807, 2.05) is 26.8 Å². The fraction of sp³-hybridized carbons (Fsp3) is 0.517. The minimum Gasteiger partial charge on any atom is -0.372 e. The van der Waals surface area contributed by atoms with Gasteiger partial charge in [-0.15, -0.1) is 0 Å². The monoisotopic (exact) mass is 491 g/mol. The molecule has 7 heteroatoms. The SMILES string of the molecule is C=C(NCCCC)NCCN1CCC(Nc2nc3ccccc3n2Cc2cccc(C)n2)CC1.CC. The Bertz CT molecular complexity index is 1070. The Hall–Kier alpha value is -3.06. The van der Waals surface area contributed by atoms with Gasteiger partial charge in [0.2, 0.25) is 5.95 Å². The number of fused-ring (bicyclic) bond motifs is 1. The normalized spacial score (nSPS) is 14.2. The summed E-state index contributed by atoms with van der Waals surface area (Å²) in [5.41, 5.74) is 4.26. The van der Waals surface area contributed by atoms with Crippen LogP contribution in [0.15, 0.2) is 54.9 Å². The summed E-state index contributed by atoms with van der Waals surface area (Å²) in [6, 6.07) is 15.0. The molecule has 0 bridgehead atoms. The summed E-state index contributed by atoms with van der Waals surface area (Å²) in [5.74, 6) is 1.88. The Morgan fingerprint density at radius 1 is 1.00 bits per heavy atom. The van der Waals surface area contributed by atoms with Gasteiger partial charge in [0.15, 0.2) is 0 Å². The van der Waals surface area contributed by atoms with Gasteiger partial charge in [0.25, 0.3) is 0 Å². The summed E-state index contributed by atoms with van der Waals surface area (Å²) in [7, 11) is 0. The molecule has 0 aliphatic carbocycles. The van der Waals surface area contributed by atoms with Crippen LogP contribution in [0.25, 0.3) is 11.0 Å². The number of rotatable bonds is 12. The summed E-state index contributed by atoms with van der Waals surface area (Å²) in [4.78, 5) is 12.2. The maximum atomic E-state index is 4.93. The number of para-hydroxylation sites is 2. The van der Waals surface area contributed by atoms with Gasteiger partial charge in [-0.3, -0.25) is 4.98 Å². The number of imidazole rings is 1. The van der Waals surface area contributed by atoms with Crippen molar-refractivity contribution >= 4 is 17.0 Å². The zero-order chi connectivity index (χ0) is 25.8. The number of pyridine rings is 1. The van der Waals surface area contributed by atoms with Crippen LogP contribution in [-0.2, 0) is 6.54 Å². The van der Waals surface area contributed by atoms with Crippen molar-refractivity contribution in [1.82, 2.24) is 30.1 Å². The Balaban J connectivity index is 0.00000176. The highest BCUT2D eigenvalue weighted by molar-refractivity contribution is 5.78. The van der Waals surface area contributed by atoms with Crippen LogP contribution in [0.5, 0.6) is 0 Å². The fourth-order valence-electron chi connectivity index (χ4n) is 4.52. The Morgan fingerprint density at radius 3 is 2.50 bits per heavy atom. The Labute approximate surface area is 217 Å². The largest absolute Gasteiger partial charge is 0.372 e. The summed E-state index contributed by atoms with van der Waals surface area (Å²) >= 11 is 0. The minimum absolute atomic E-state index is 0.427. The molecule has 1 aromatic carbocycles. The number of hydrogen-bond acceptors (Lipinski definition) is 6. The predicted octanol–water partition coefficient (Wildman–Crippen LogP) is 5.14. The molecule has 36 heavy (non-hydrogen) atoms. The van der Waals surface area contributed by atoms with Gasteiger partial charge in [-0.05, 0) is 50.5 Å². The molecule has 1 saturated heterocycles. The van der Waals surface area contributed by atoms with Gasteiger partial charge in [0, 0.05) is 44.5 Å². The summed E-state index contributed by atoms with van der Waals surface area (Å²) in [6.45, 7) is 18.2. The van der Waals surface area contributed by atoms with Crippen LogP contribution < -0.4 is 16.0 Å². The highest BCUT2D eigenvalue weighted by Gasteiger charge is 2.21. The molecule has 4 rings (SSSR count). The quantitative estimate of drug-likeness (QED) is 0.305. The van der Waals surface area contributed by atoms with E-state index in [0.29, 0.717) is 12.6 Å². The van der Waals surface area contributed by atoms with E-state index >= 15 is 0 Å². The molecule has 0 radical (unpaired) electrons. The van der Waals surface area contributed by atoms with E-state index in [1.165, 1.54) is 12.8 Å². The van der Waals surface area contributed by atoms with Gasteiger partial charge in [-0.1, -0.05) is 52.0 Å². The van der Waals surface area contributed by atoms with Crippen molar-refractivity contribution in [2.45, 2.75) is 66.0 Å². The number of benzene rings is 1. The number of aromatic nitrogens is 3. The standard InChI is InChI=1S/C27H39N7.C2H6/c1-4-5-15-28-22(3)29-16-19-33-17-13-23(14-18-33)31-27-32-25-11-6-7-12-26(25)34(27)20-24-10-8-9-21(2)30-24;1-2/h6-12,23,28-29H,3-5,13-20H2,1-2H3,(H,31,32);1-2H3. The van der Waals surface area contributed by atoms with Crippen molar-refractivity contribution in [1.29, 1.82) is 0 Å². The zero-order valence-electron chi connectivity index (χ0n) is 22.7. The first-order valence-electron chi connectivity index (χ1n) is 13.7. The van der Waals surface area contributed by atoms with Gasteiger partial charge in [0.05, 0.1) is 29.1 Å². The van der Waals surface area contributed by atoms with Crippen molar-refractivity contribution < 1.29 is 0 Å². The summed E-state index contributed by atoms with van der Waals surface area (Å²) < 4.78 is 2.27. The van der Waals surface area contributed by atoms with E-state index in [2.05, 4.69) is 75.3 Å². The van der Waals surface area contributed by atoms with Crippen molar-refractivity contribution in [3.8, 4) is 0 Å². The summed E-state index contributed by atoms with van der Waals surface area (Å²) in [5, 5.41) is 10.5. The molecule has 3 N–H and O–H groups in total. The molecular formula is C29H45N7. The molecule has 3 heterocycles. The fourth-order valence-corrected chi connectivity index (χ4v) is 4.52. The average molecular weight is 492 g/mol. The zero-order valence-corrected chi connectivity index (χ0v) is 22.7.